The Hall–Kier alpha value is -2.12. The summed E-state index contributed by atoms with van der Waals surface area (Å²) in [5, 5.41) is 3.78. The molecule has 6 nitrogen and oxygen atoms in total. The Morgan fingerprint density at radius 3 is 2.48 bits per heavy atom. The minimum Gasteiger partial charge on any atom is -0.379 e. The van der Waals surface area contributed by atoms with E-state index in [1.54, 1.807) is 23.1 Å². The van der Waals surface area contributed by atoms with Crippen molar-refractivity contribution in [3.05, 3.63) is 63.6 Å². The number of carbonyl (C=O) groups excluding carboxylic acids is 2. The van der Waals surface area contributed by atoms with Crippen molar-refractivity contribution in [2.24, 2.45) is 5.92 Å². The van der Waals surface area contributed by atoms with Gasteiger partial charge in [0.05, 0.1) is 29.2 Å². The van der Waals surface area contributed by atoms with Crippen LogP contribution < -0.4 is 5.32 Å². The molecule has 0 aromatic heterocycles. The van der Waals surface area contributed by atoms with Gasteiger partial charge >= 0.3 is 0 Å². The fourth-order valence-electron chi connectivity index (χ4n) is 4.30. The highest BCUT2D eigenvalue weighted by molar-refractivity contribution is 6.42. The number of morpholine rings is 1. The molecule has 33 heavy (non-hydrogen) atoms. The van der Waals surface area contributed by atoms with Gasteiger partial charge in [-0.15, -0.1) is 0 Å². The molecule has 0 saturated carbocycles. The van der Waals surface area contributed by atoms with Crippen LogP contribution in [0.25, 0.3) is 0 Å². The van der Waals surface area contributed by atoms with E-state index < -0.39 is 0 Å². The zero-order valence-corrected chi connectivity index (χ0v) is 20.1. The number of halogens is 2. The molecular formula is C25H29Cl2N3O3. The van der Waals surface area contributed by atoms with Gasteiger partial charge < -0.3 is 15.0 Å². The molecule has 1 unspecified atom stereocenters. The Labute approximate surface area is 204 Å². The minimum atomic E-state index is -0.244. The van der Waals surface area contributed by atoms with Crippen LogP contribution in [0, 0.1) is 5.92 Å². The quantitative estimate of drug-likeness (QED) is 0.654. The van der Waals surface area contributed by atoms with E-state index in [1.807, 2.05) is 12.1 Å². The van der Waals surface area contributed by atoms with Crippen molar-refractivity contribution in [2.45, 2.75) is 19.3 Å². The van der Waals surface area contributed by atoms with Crippen LogP contribution >= 0.6 is 23.2 Å². The molecule has 2 aromatic carbocycles. The van der Waals surface area contributed by atoms with Gasteiger partial charge in [0, 0.05) is 44.0 Å². The third-order valence-corrected chi connectivity index (χ3v) is 7.03. The number of hydrogen-bond acceptors (Lipinski definition) is 4. The van der Waals surface area contributed by atoms with E-state index >= 15 is 0 Å². The fraction of sp³-hybridized carbons (Fsp3) is 0.440. The van der Waals surface area contributed by atoms with Crippen LogP contribution in [0.15, 0.2) is 42.5 Å². The molecule has 2 aliphatic rings. The van der Waals surface area contributed by atoms with Crippen molar-refractivity contribution < 1.29 is 14.3 Å². The van der Waals surface area contributed by atoms with Gasteiger partial charge in [-0.2, -0.15) is 0 Å². The monoisotopic (exact) mass is 489 g/mol. The number of ether oxygens (including phenoxy) is 1. The first kappa shape index (κ1) is 24.0. The predicted molar refractivity (Wildman–Crippen MR) is 131 cm³/mol. The first-order valence-corrected chi connectivity index (χ1v) is 12.2. The topological polar surface area (TPSA) is 61.9 Å². The van der Waals surface area contributed by atoms with Crippen LogP contribution in [0.2, 0.25) is 10.0 Å². The molecule has 8 heteroatoms. The summed E-state index contributed by atoms with van der Waals surface area (Å²) < 4.78 is 5.39. The Morgan fingerprint density at radius 2 is 1.76 bits per heavy atom. The molecule has 2 fully saturated rings. The van der Waals surface area contributed by atoms with Gasteiger partial charge in [-0.3, -0.25) is 14.5 Å². The lowest BCUT2D eigenvalue weighted by molar-refractivity contribution is -0.121. The Bertz CT molecular complexity index is 977. The highest BCUT2D eigenvalue weighted by Gasteiger charge is 2.29. The minimum absolute atomic E-state index is 0.0531. The molecule has 1 N–H and O–H groups in total. The summed E-state index contributed by atoms with van der Waals surface area (Å²) in [6.07, 6.45) is 2.52. The predicted octanol–water partition coefficient (Wildman–Crippen LogP) is 4.36. The number of benzene rings is 2. The van der Waals surface area contributed by atoms with Crippen LogP contribution in [0.5, 0.6) is 0 Å². The van der Waals surface area contributed by atoms with Gasteiger partial charge in [-0.05, 0) is 55.2 Å². The van der Waals surface area contributed by atoms with E-state index in [0.717, 1.165) is 57.8 Å². The highest BCUT2D eigenvalue weighted by Crippen LogP contribution is 2.25. The lowest BCUT2D eigenvalue weighted by Crippen LogP contribution is -2.43. The summed E-state index contributed by atoms with van der Waals surface area (Å²) in [4.78, 5) is 29.9. The largest absolute Gasteiger partial charge is 0.379 e. The number of piperidine rings is 1. The average molecular weight is 490 g/mol. The van der Waals surface area contributed by atoms with E-state index in [2.05, 4.69) is 22.3 Å². The highest BCUT2D eigenvalue weighted by atomic mass is 35.5. The molecule has 4 rings (SSSR count). The summed E-state index contributed by atoms with van der Waals surface area (Å²) >= 11 is 12.0. The van der Waals surface area contributed by atoms with Crippen molar-refractivity contribution in [1.82, 2.24) is 9.80 Å². The lowest BCUT2D eigenvalue weighted by Gasteiger charge is -2.32. The van der Waals surface area contributed by atoms with Gasteiger partial charge in [0.25, 0.3) is 5.91 Å². The molecule has 2 saturated heterocycles. The second-order valence-corrected chi connectivity index (χ2v) is 9.42. The molecule has 1 atom stereocenters. The van der Waals surface area contributed by atoms with Gasteiger partial charge in [0.1, 0.15) is 0 Å². The summed E-state index contributed by atoms with van der Waals surface area (Å²) in [5.74, 6) is -0.426. The summed E-state index contributed by atoms with van der Waals surface area (Å²) in [5.41, 5.74) is 2.51. The van der Waals surface area contributed by atoms with E-state index in [0.29, 0.717) is 28.7 Å². The molecule has 2 aromatic rings. The maximum Gasteiger partial charge on any atom is 0.253 e. The molecule has 2 heterocycles. The molecular weight excluding hydrogens is 461 g/mol. The summed E-state index contributed by atoms with van der Waals surface area (Å²) in [7, 11) is 0. The van der Waals surface area contributed by atoms with Gasteiger partial charge in [0.15, 0.2) is 0 Å². The van der Waals surface area contributed by atoms with Crippen LogP contribution in [-0.4, -0.2) is 67.6 Å². The first-order chi connectivity index (χ1) is 16.0. The number of nitrogens with one attached hydrogen (secondary N) is 1. The fourth-order valence-corrected chi connectivity index (χ4v) is 4.60. The van der Waals surface area contributed by atoms with Crippen molar-refractivity contribution >= 4 is 40.7 Å². The zero-order chi connectivity index (χ0) is 23.2. The van der Waals surface area contributed by atoms with Crippen LogP contribution in [0.1, 0.15) is 28.8 Å². The normalized spacial score (nSPS) is 19.3. The smallest absolute Gasteiger partial charge is 0.253 e. The zero-order valence-electron chi connectivity index (χ0n) is 18.6. The average Bonchev–Trinajstić information content (AvgIpc) is 2.85. The Balaban J connectivity index is 1.29. The van der Waals surface area contributed by atoms with Gasteiger partial charge in [-0.1, -0.05) is 35.3 Å². The number of anilines is 1. The van der Waals surface area contributed by atoms with Crippen LogP contribution in [-0.2, 0) is 16.0 Å². The number of hydrogen-bond donors (Lipinski definition) is 1. The molecule has 0 radical (unpaired) electrons. The second kappa shape index (κ2) is 11.3. The molecule has 0 bridgehead atoms. The molecule has 2 aliphatic heterocycles. The van der Waals surface area contributed by atoms with Crippen LogP contribution in [0.4, 0.5) is 5.69 Å². The molecule has 0 spiro atoms. The van der Waals surface area contributed by atoms with E-state index in [9.17, 15) is 9.59 Å². The maximum atomic E-state index is 12.9. The summed E-state index contributed by atoms with van der Waals surface area (Å²) in [6, 6.07) is 12.9. The maximum absolute atomic E-state index is 12.9. The van der Waals surface area contributed by atoms with Crippen molar-refractivity contribution in [2.75, 3.05) is 51.3 Å². The number of carbonyl (C=O) groups is 2. The second-order valence-electron chi connectivity index (χ2n) is 8.61. The van der Waals surface area contributed by atoms with E-state index in [4.69, 9.17) is 27.9 Å². The Kier molecular flexibility index (Phi) is 8.25. The number of rotatable bonds is 6. The van der Waals surface area contributed by atoms with Crippen LogP contribution in [0.3, 0.4) is 0 Å². The number of likely N-dealkylation sites (tertiary alicyclic amines) is 1. The SMILES string of the molecule is O=C(Nc1ccc(CCN2CCOCC2)cc1)C1CCCN(C(=O)c2ccc(Cl)c(Cl)c2)C1. The number of nitrogens with zero attached hydrogens (tertiary/aromatic N) is 2. The number of amides is 2. The molecule has 2 amide bonds. The lowest BCUT2D eigenvalue weighted by atomic mass is 9.96. The first-order valence-electron chi connectivity index (χ1n) is 11.4. The van der Waals surface area contributed by atoms with Crippen molar-refractivity contribution in [1.29, 1.82) is 0 Å². The van der Waals surface area contributed by atoms with Gasteiger partial charge in [-0.25, -0.2) is 0 Å². The summed E-state index contributed by atoms with van der Waals surface area (Å²) in [6.45, 7) is 5.62. The Morgan fingerprint density at radius 1 is 1.00 bits per heavy atom. The standard InChI is InChI=1S/C25H29Cl2N3O3/c26-22-8-5-19(16-23(22)27)25(32)30-10-1-2-20(17-30)24(31)28-21-6-3-18(4-7-21)9-11-29-12-14-33-15-13-29/h3-8,16,20H,1-2,9-15,17H2,(H,28,31). The van der Waals surface area contributed by atoms with Crippen molar-refractivity contribution in [3.63, 3.8) is 0 Å². The van der Waals surface area contributed by atoms with Gasteiger partial charge in [0.2, 0.25) is 5.91 Å². The van der Waals surface area contributed by atoms with E-state index in [-0.39, 0.29) is 17.7 Å². The molecule has 176 valence electrons. The van der Waals surface area contributed by atoms with Crippen molar-refractivity contribution in [3.8, 4) is 0 Å². The third kappa shape index (κ3) is 6.48. The van der Waals surface area contributed by atoms with E-state index in [1.165, 1.54) is 5.56 Å². The third-order valence-electron chi connectivity index (χ3n) is 6.29. The molecule has 0 aliphatic carbocycles.